The molecule has 0 radical (unpaired) electrons. The summed E-state index contributed by atoms with van der Waals surface area (Å²) in [6, 6.07) is 2.28. The van der Waals surface area contributed by atoms with Gasteiger partial charge < -0.3 is 14.3 Å². The number of hydrogen-bond donors (Lipinski definition) is 0. The van der Waals surface area contributed by atoms with E-state index in [-0.39, 0.29) is 19.8 Å². The van der Waals surface area contributed by atoms with Crippen LogP contribution in [0.25, 0.3) is 0 Å². The third-order valence-corrected chi connectivity index (χ3v) is 1.97. The molecule has 2 aliphatic rings. The number of nitrogens with zero attached hydrogens (tertiary/aromatic N) is 2. The van der Waals surface area contributed by atoms with Crippen molar-refractivity contribution in [2.75, 3.05) is 26.3 Å². The van der Waals surface area contributed by atoms with Gasteiger partial charge >= 0.3 is 18.2 Å². The zero-order valence-corrected chi connectivity index (χ0v) is 8.67. The Kier molecular flexibility index (Phi) is 3.00. The minimum Gasteiger partial charge on any atom is -0.447 e. The number of hydrogen-bond acceptors (Lipinski definition) is 6. The molecule has 17 heavy (non-hydrogen) atoms. The average Bonchev–Trinajstić information content (AvgIpc) is 2.86. The van der Waals surface area contributed by atoms with Crippen molar-refractivity contribution >= 4 is 18.2 Å². The number of carbonyl (C=O) groups is 3. The fourth-order valence-corrected chi connectivity index (χ4v) is 1.19. The maximum atomic E-state index is 11.2. The van der Waals surface area contributed by atoms with Crippen molar-refractivity contribution in [3.05, 3.63) is 0 Å². The van der Waals surface area contributed by atoms with Crippen LogP contribution >= 0.6 is 0 Å². The van der Waals surface area contributed by atoms with E-state index in [1.54, 1.807) is 0 Å². The Balaban J connectivity index is 1.86. The zero-order chi connectivity index (χ0) is 12.3. The fraction of sp³-hybridized carbons (Fsp3) is 0.444. The summed E-state index contributed by atoms with van der Waals surface area (Å²) in [4.78, 5) is 38.7. The Morgan fingerprint density at radius 3 is 2.47 bits per heavy atom. The van der Waals surface area contributed by atoms with Gasteiger partial charge in [0.05, 0.1) is 13.1 Å². The molecule has 2 fully saturated rings. The molecule has 0 aliphatic carbocycles. The predicted octanol–water partition coefficient (Wildman–Crippen LogP) is -0.690. The third-order valence-electron chi connectivity index (χ3n) is 1.97. The van der Waals surface area contributed by atoms with Crippen LogP contribution in [-0.4, -0.2) is 54.4 Å². The number of ether oxygens (including phenoxy) is 2. The maximum Gasteiger partial charge on any atom is 0.443 e. The monoisotopic (exact) mass is 240 g/mol. The molecule has 0 saturated carbocycles. The van der Waals surface area contributed by atoms with Gasteiger partial charge in [-0.1, -0.05) is 0 Å². The molecule has 2 rings (SSSR count). The molecule has 0 spiro atoms. The number of carbonyl (C=O) groups excluding carboxylic acids is 3. The molecule has 2 amide bonds. The van der Waals surface area contributed by atoms with Gasteiger partial charge in [0.15, 0.2) is 0 Å². The highest BCUT2D eigenvalue weighted by Crippen LogP contribution is 2.04. The molecule has 2 saturated heterocycles. The Labute approximate surface area is 95.9 Å². The first-order valence-corrected chi connectivity index (χ1v) is 4.79. The first-order chi connectivity index (χ1) is 8.16. The highest BCUT2D eigenvalue weighted by Gasteiger charge is 2.26. The van der Waals surface area contributed by atoms with E-state index >= 15 is 0 Å². The Hall–Kier alpha value is -2.43. The summed E-state index contributed by atoms with van der Waals surface area (Å²) in [5.74, 6) is 1.13. The number of hydroxylamine groups is 2. The SMILES string of the molecule is O=C(C#CN1CCOC1=O)ON1CCOC1=O. The van der Waals surface area contributed by atoms with Crippen LogP contribution in [0.1, 0.15) is 0 Å². The first-order valence-electron chi connectivity index (χ1n) is 4.79. The highest BCUT2D eigenvalue weighted by atomic mass is 16.8. The van der Waals surface area contributed by atoms with Crippen molar-refractivity contribution in [3.8, 4) is 12.0 Å². The molecule has 0 bridgehead atoms. The molecule has 0 aromatic rings. The second-order valence-corrected chi connectivity index (χ2v) is 3.10. The van der Waals surface area contributed by atoms with Gasteiger partial charge in [-0.15, -0.1) is 5.06 Å². The highest BCUT2D eigenvalue weighted by molar-refractivity contribution is 5.89. The largest absolute Gasteiger partial charge is 0.447 e. The standard InChI is InChI=1S/C9H8N2O6/c12-7(17-11-4-6-16-9(11)14)1-2-10-3-5-15-8(10)13/h3-6H2. The van der Waals surface area contributed by atoms with Crippen LogP contribution in [0.4, 0.5) is 9.59 Å². The van der Waals surface area contributed by atoms with Gasteiger partial charge in [-0.2, -0.15) is 0 Å². The van der Waals surface area contributed by atoms with Crippen molar-refractivity contribution in [2.45, 2.75) is 0 Å². The minimum atomic E-state index is -0.941. The van der Waals surface area contributed by atoms with Gasteiger partial charge in [-0.25, -0.2) is 19.3 Å². The van der Waals surface area contributed by atoms with E-state index in [1.165, 1.54) is 0 Å². The van der Waals surface area contributed by atoms with E-state index in [2.05, 4.69) is 26.3 Å². The van der Waals surface area contributed by atoms with Gasteiger partial charge in [-0.05, 0) is 0 Å². The summed E-state index contributed by atoms with van der Waals surface area (Å²) in [5.41, 5.74) is 0. The normalized spacial score (nSPS) is 18.4. The lowest BCUT2D eigenvalue weighted by Crippen LogP contribution is -2.27. The second kappa shape index (κ2) is 4.61. The molecule has 0 aromatic carbocycles. The Morgan fingerprint density at radius 2 is 1.88 bits per heavy atom. The van der Waals surface area contributed by atoms with E-state index in [0.29, 0.717) is 6.54 Å². The smallest absolute Gasteiger partial charge is 0.443 e. The number of amides is 2. The zero-order valence-electron chi connectivity index (χ0n) is 8.67. The molecular formula is C9H8N2O6. The van der Waals surface area contributed by atoms with Crippen molar-refractivity contribution in [2.24, 2.45) is 0 Å². The van der Waals surface area contributed by atoms with E-state index in [4.69, 9.17) is 0 Å². The molecule has 0 unspecified atom stereocenters. The summed E-state index contributed by atoms with van der Waals surface area (Å²) >= 11 is 0. The van der Waals surface area contributed by atoms with E-state index in [9.17, 15) is 14.4 Å². The molecule has 0 atom stereocenters. The van der Waals surface area contributed by atoms with Crippen LogP contribution in [-0.2, 0) is 19.1 Å². The third kappa shape index (κ3) is 2.57. The lowest BCUT2D eigenvalue weighted by atomic mass is 10.6. The molecule has 8 nitrogen and oxygen atoms in total. The van der Waals surface area contributed by atoms with Crippen LogP contribution in [0, 0.1) is 12.0 Å². The first kappa shape index (κ1) is 11.1. The van der Waals surface area contributed by atoms with Crippen molar-refractivity contribution in [1.29, 1.82) is 0 Å². The van der Waals surface area contributed by atoms with E-state index in [1.807, 2.05) is 0 Å². The summed E-state index contributed by atoms with van der Waals surface area (Å²) in [6.45, 7) is 0.863. The molecular weight excluding hydrogens is 232 g/mol. The molecule has 2 aliphatic heterocycles. The summed E-state index contributed by atoms with van der Waals surface area (Å²) in [6.07, 6.45) is -1.34. The van der Waals surface area contributed by atoms with E-state index in [0.717, 1.165) is 9.96 Å². The summed E-state index contributed by atoms with van der Waals surface area (Å²) < 4.78 is 9.13. The van der Waals surface area contributed by atoms with Crippen molar-refractivity contribution < 1.29 is 28.7 Å². The topological polar surface area (TPSA) is 85.4 Å². The van der Waals surface area contributed by atoms with Crippen LogP contribution in [0.5, 0.6) is 0 Å². The fourth-order valence-electron chi connectivity index (χ4n) is 1.19. The van der Waals surface area contributed by atoms with Gasteiger partial charge in [-0.3, -0.25) is 0 Å². The lowest BCUT2D eigenvalue weighted by molar-refractivity contribution is -0.166. The Bertz CT molecular complexity index is 423. The predicted molar refractivity (Wildman–Crippen MR) is 50.0 cm³/mol. The Morgan fingerprint density at radius 1 is 1.18 bits per heavy atom. The van der Waals surface area contributed by atoms with E-state index < -0.39 is 18.2 Å². The van der Waals surface area contributed by atoms with Crippen molar-refractivity contribution in [3.63, 3.8) is 0 Å². The van der Waals surface area contributed by atoms with Gasteiger partial charge in [0.25, 0.3) is 0 Å². The minimum absolute atomic E-state index is 0.165. The van der Waals surface area contributed by atoms with Crippen LogP contribution in [0.15, 0.2) is 0 Å². The summed E-state index contributed by atoms with van der Waals surface area (Å²) in [7, 11) is 0. The van der Waals surface area contributed by atoms with Crippen molar-refractivity contribution in [1.82, 2.24) is 9.96 Å². The van der Waals surface area contributed by atoms with Crippen LogP contribution in [0.3, 0.4) is 0 Å². The maximum absolute atomic E-state index is 11.2. The molecule has 8 heteroatoms. The molecule has 2 heterocycles. The summed E-state index contributed by atoms with van der Waals surface area (Å²) in [5, 5.41) is 0.763. The number of rotatable bonds is 1. The van der Waals surface area contributed by atoms with Gasteiger partial charge in [0.2, 0.25) is 0 Å². The molecule has 0 N–H and O–H groups in total. The van der Waals surface area contributed by atoms with Gasteiger partial charge in [0, 0.05) is 12.0 Å². The molecule has 0 aromatic heterocycles. The van der Waals surface area contributed by atoms with Crippen LogP contribution < -0.4 is 0 Å². The quantitative estimate of drug-likeness (QED) is 0.564. The van der Waals surface area contributed by atoms with Gasteiger partial charge in [0.1, 0.15) is 13.2 Å². The lowest BCUT2D eigenvalue weighted by Gasteiger charge is -2.08. The molecule has 90 valence electrons. The number of cyclic esters (lactones) is 2. The van der Waals surface area contributed by atoms with Crippen LogP contribution in [0.2, 0.25) is 0 Å². The second-order valence-electron chi connectivity index (χ2n) is 3.10. The average molecular weight is 240 g/mol.